The number of carboxylic acids is 1. The van der Waals surface area contributed by atoms with E-state index in [2.05, 4.69) is 15.5 Å². The third-order valence-corrected chi connectivity index (χ3v) is 2.43. The van der Waals surface area contributed by atoms with Gasteiger partial charge in [-0.3, -0.25) is 0 Å². The first-order chi connectivity index (χ1) is 9.77. The Labute approximate surface area is 115 Å². The van der Waals surface area contributed by atoms with E-state index in [1.807, 2.05) is 0 Å². The van der Waals surface area contributed by atoms with Crippen LogP contribution in [0.15, 0.2) is 30.3 Å². The molecule has 0 atom stereocenters. The van der Waals surface area contributed by atoms with E-state index in [0.717, 1.165) is 24.3 Å². The summed E-state index contributed by atoms with van der Waals surface area (Å²) in [6.45, 7) is 0. The Morgan fingerprint density at radius 3 is 2.33 bits per heavy atom. The van der Waals surface area contributed by atoms with Gasteiger partial charge in [0.25, 0.3) is 0 Å². The lowest BCUT2D eigenvalue weighted by molar-refractivity contribution is -0.141. The number of carbonyl (C=O) groups is 1. The molecule has 0 radical (unpaired) electrons. The first kappa shape index (κ1) is 14.7. The van der Waals surface area contributed by atoms with Crippen molar-refractivity contribution in [2.45, 2.75) is 6.18 Å². The molecule has 0 aliphatic carbocycles. The minimum absolute atomic E-state index is 0.0366. The highest BCUT2D eigenvalue weighted by molar-refractivity contribution is 5.88. The third-order valence-electron chi connectivity index (χ3n) is 2.43. The summed E-state index contributed by atoms with van der Waals surface area (Å²) in [7, 11) is 0. The van der Waals surface area contributed by atoms with Crippen molar-refractivity contribution in [3.05, 3.63) is 47.4 Å². The number of halogens is 4. The summed E-state index contributed by atoms with van der Waals surface area (Å²) < 4.78 is 50.3. The second kappa shape index (κ2) is 5.35. The Bertz CT molecular complexity index is 671. The van der Waals surface area contributed by atoms with Gasteiger partial charge in [0.05, 0.1) is 5.56 Å². The first-order valence-electron chi connectivity index (χ1n) is 5.48. The molecular formula is C12H7F4N3O2. The number of nitrogens with one attached hydrogen (secondary N) is 1. The van der Waals surface area contributed by atoms with E-state index in [-0.39, 0.29) is 11.5 Å². The minimum Gasteiger partial charge on any atom is -0.478 e. The van der Waals surface area contributed by atoms with Crippen LogP contribution in [-0.4, -0.2) is 21.3 Å². The van der Waals surface area contributed by atoms with Gasteiger partial charge in [-0.05, 0) is 30.3 Å². The normalized spacial score (nSPS) is 11.2. The molecule has 0 aliphatic heterocycles. The molecule has 0 aliphatic rings. The van der Waals surface area contributed by atoms with Crippen molar-refractivity contribution in [3.8, 4) is 0 Å². The van der Waals surface area contributed by atoms with Crippen molar-refractivity contribution in [1.82, 2.24) is 10.2 Å². The van der Waals surface area contributed by atoms with Crippen molar-refractivity contribution in [2.24, 2.45) is 0 Å². The van der Waals surface area contributed by atoms with Gasteiger partial charge in [0.2, 0.25) is 0 Å². The molecule has 0 saturated carbocycles. The van der Waals surface area contributed by atoms with E-state index < -0.39 is 29.2 Å². The van der Waals surface area contributed by atoms with Crippen LogP contribution in [-0.2, 0) is 6.18 Å². The maximum Gasteiger partial charge on any atom is 0.435 e. The molecule has 1 aromatic carbocycles. The van der Waals surface area contributed by atoms with Crippen LogP contribution in [0.1, 0.15) is 16.1 Å². The highest BCUT2D eigenvalue weighted by Gasteiger charge is 2.32. The van der Waals surface area contributed by atoms with Crippen LogP contribution >= 0.6 is 0 Å². The van der Waals surface area contributed by atoms with Crippen molar-refractivity contribution in [3.63, 3.8) is 0 Å². The molecule has 0 saturated heterocycles. The number of anilines is 2. The highest BCUT2D eigenvalue weighted by atomic mass is 19.4. The third kappa shape index (κ3) is 3.44. The van der Waals surface area contributed by atoms with Gasteiger partial charge in [0, 0.05) is 5.69 Å². The molecule has 5 nitrogen and oxygen atoms in total. The second-order valence-electron chi connectivity index (χ2n) is 3.93. The van der Waals surface area contributed by atoms with E-state index in [1.54, 1.807) is 0 Å². The zero-order valence-electron chi connectivity index (χ0n) is 10.1. The molecule has 2 N–H and O–H groups in total. The number of aromatic nitrogens is 2. The number of benzene rings is 1. The fourth-order valence-electron chi connectivity index (χ4n) is 1.46. The SMILES string of the molecule is O=C(O)c1ccc(Nc2ccc(C(F)(F)F)nn2)cc1F. The molecule has 0 unspecified atom stereocenters. The Balaban J connectivity index is 2.19. The molecule has 110 valence electrons. The fraction of sp³-hybridized carbons (Fsp3) is 0.0833. The number of nitrogens with zero attached hydrogens (tertiary/aromatic N) is 2. The number of alkyl halides is 3. The predicted molar refractivity (Wildman–Crippen MR) is 63.7 cm³/mol. The zero-order chi connectivity index (χ0) is 15.6. The Hall–Kier alpha value is -2.71. The molecule has 21 heavy (non-hydrogen) atoms. The van der Waals surface area contributed by atoms with Crippen LogP contribution in [0.5, 0.6) is 0 Å². The van der Waals surface area contributed by atoms with Crippen molar-refractivity contribution in [2.75, 3.05) is 5.32 Å². The zero-order valence-corrected chi connectivity index (χ0v) is 10.1. The average Bonchev–Trinajstić information content (AvgIpc) is 2.38. The Morgan fingerprint density at radius 2 is 1.86 bits per heavy atom. The first-order valence-corrected chi connectivity index (χ1v) is 5.48. The van der Waals surface area contributed by atoms with Crippen molar-refractivity contribution < 1.29 is 27.5 Å². The number of aromatic carboxylic acids is 1. The maximum atomic E-state index is 13.4. The quantitative estimate of drug-likeness (QED) is 0.852. The van der Waals surface area contributed by atoms with Gasteiger partial charge in [0.1, 0.15) is 5.82 Å². The maximum absolute atomic E-state index is 13.4. The second-order valence-corrected chi connectivity index (χ2v) is 3.93. The lowest BCUT2D eigenvalue weighted by Crippen LogP contribution is -2.09. The Kier molecular flexibility index (Phi) is 3.74. The van der Waals surface area contributed by atoms with Gasteiger partial charge in [-0.1, -0.05) is 0 Å². The van der Waals surface area contributed by atoms with Crippen LogP contribution in [0.2, 0.25) is 0 Å². The van der Waals surface area contributed by atoms with E-state index >= 15 is 0 Å². The van der Waals surface area contributed by atoms with Crippen LogP contribution < -0.4 is 5.32 Å². The van der Waals surface area contributed by atoms with Crippen molar-refractivity contribution in [1.29, 1.82) is 0 Å². The molecule has 1 aromatic heterocycles. The van der Waals surface area contributed by atoms with Gasteiger partial charge in [0.15, 0.2) is 11.5 Å². The Morgan fingerprint density at radius 1 is 1.14 bits per heavy atom. The minimum atomic E-state index is -4.60. The van der Waals surface area contributed by atoms with Gasteiger partial charge in [-0.2, -0.15) is 13.2 Å². The summed E-state index contributed by atoms with van der Waals surface area (Å²) >= 11 is 0. The van der Waals surface area contributed by atoms with E-state index in [1.165, 1.54) is 6.07 Å². The molecule has 1 heterocycles. The monoisotopic (exact) mass is 301 g/mol. The number of carboxylic acid groups (broad SMARTS) is 1. The molecular weight excluding hydrogens is 294 g/mol. The van der Waals surface area contributed by atoms with Crippen LogP contribution in [0, 0.1) is 5.82 Å². The molecule has 9 heteroatoms. The van der Waals surface area contributed by atoms with Gasteiger partial charge in [-0.25, -0.2) is 9.18 Å². The molecule has 0 spiro atoms. The van der Waals surface area contributed by atoms with Gasteiger partial charge >= 0.3 is 12.1 Å². The number of hydrogen-bond acceptors (Lipinski definition) is 4. The number of rotatable bonds is 3. The van der Waals surface area contributed by atoms with Gasteiger partial charge in [-0.15, -0.1) is 10.2 Å². The van der Waals surface area contributed by atoms with E-state index in [0.29, 0.717) is 0 Å². The fourth-order valence-corrected chi connectivity index (χ4v) is 1.46. The molecule has 0 amide bonds. The largest absolute Gasteiger partial charge is 0.478 e. The molecule has 0 fully saturated rings. The summed E-state index contributed by atoms with van der Waals surface area (Å²) in [4.78, 5) is 10.6. The molecule has 0 bridgehead atoms. The molecule has 2 rings (SSSR count). The van der Waals surface area contributed by atoms with E-state index in [4.69, 9.17) is 5.11 Å². The predicted octanol–water partition coefficient (Wildman–Crippen LogP) is 3.08. The molecule has 2 aromatic rings. The topological polar surface area (TPSA) is 75.1 Å². The smallest absolute Gasteiger partial charge is 0.435 e. The lowest BCUT2D eigenvalue weighted by atomic mass is 10.2. The summed E-state index contributed by atoms with van der Waals surface area (Å²) in [5, 5.41) is 17.5. The highest BCUT2D eigenvalue weighted by Crippen LogP contribution is 2.27. The van der Waals surface area contributed by atoms with Crippen LogP contribution in [0.4, 0.5) is 29.1 Å². The average molecular weight is 301 g/mol. The standard InChI is InChI=1S/C12H7F4N3O2/c13-8-5-6(1-2-7(8)11(20)21)17-10-4-3-9(18-19-10)12(14,15)16/h1-5H,(H,17,19)(H,20,21). The van der Waals surface area contributed by atoms with E-state index in [9.17, 15) is 22.4 Å². The van der Waals surface area contributed by atoms with Crippen LogP contribution in [0.3, 0.4) is 0 Å². The summed E-state index contributed by atoms with van der Waals surface area (Å²) in [5.41, 5.74) is -1.54. The lowest BCUT2D eigenvalue weighted by Gasteiger charge is -2.08. The van der Waals surface area contributed by atoms with Crippen molar-refractivity contribution >= 4 is 17.5 Å². The summed E-state index contributed by atoms with van der Waals surface area (Å²) in [6.07, 6.45) is -4.60. The number of hydrogen-bond donors (Lipinski definition) is 2. The van der Waals surface area contributed by atoms with Gasteiger partial charge < -0.3 is 10.4 Å². The summed E-state index contributed by atoms with van der Waals surface area (Å²) in [5.74, 6) is -2.44. The van der Waals surface area contributed by atoms with Crippen LogP contribution in [0.25, 0.3) is 0 Å². The summed E-state index contributed by atoms with van der Waals surface area (Å²) in [6, 6.07) is 4.92.